The minimum absolute atomic E-state index is 0.0231. The first-order valence-electron chi connectivity index (χ1n) is 25.2. The first kappa shape index (κ1) is 59.0. The fourth-order valence-corrected chi connectivity index (χ4v) is 8.44. The zero-order valence-electron chi connectivity index (χ0n) is 42.0. The highest BCUT2D eigenvalue weighted by Gasteiger charge is 2.35. The van der Waals surface area contributed by atoms with E-state index in [9.17, 15) is 43.2 Å². The molecule has 74 heavy (non-hydrogen) atoms. The average molecular weight is 1030 g/mol. The van der Waals surface area contributed by atoms with Crippen LogP contribution in [0.5, 0.6) is 0 Å². The van der Waals surface area contributed by atoms with Crippen molar-refractivity contribution in [1.82, 2.24) is 52.8 Å². The fraction of sp³-hybridized carbons (Fsp3) is 0.520. The van der Waals surface area contributed by atoms with Gasteiger partial charge < -0.3 is 75.8 Å². The van der Waals surface area contributed by atoms with Gasteiger partial charge in [0, 0.05) is 50.0 Å². The van der Waals surface area contributed by atoms with Gasteiger partial charge >= 0.3 is 0 Å². The number of nitrogens with two attached hydrogens (primary N) is 4. The topological polar surface area (TPSA) is 406 Å². The SMILES string of the molecule is CC(=O)N[C@@H](CCCNC(=N)N)C(=O)N[C@H]1CC(=O)NCCCCC(C(N)=O)NC(=O)[C@H](Cc2c[nH]c3ccccc23)NC(=O)[C@H](CCCCN)NC(=O)[C@@H](Cc2ccccc2)NC(=O)C(CCCCN)NC1=O. The molecule has 1 aliphatic heterocycles. The highest BCUT2D eigenvalue weighted by atomic mass is 16.2. The molecule has 0 saturated carbocycles. The van der Waals surface area contributed by atoms with Crippen molar-refractivity contribution in [3.05, 3.63) is 71.9 Å². The summed E-state index contributed by atoms with van der Waals surface area (Å²) < 4.78 is 0. The lowest BCUT2D eigenvalue weighted by Crippen LogP contribution is -2.60. The summed E-state index contributed by atoms with van der Waals surface area (Å²) in [5.74, 6) is -7.12. The van der Waals surface area contributed by atoms with E-state index in [1.165, 1.54) is 6.92 Å². The predicted molar refractivity (Wildman–Crippen MR) is 277 cm³/mol. The van der Waals surface area contributed by atoms with Gasteiger partial charge in [-0.25, -0.2) is 0 Å². The number of guanidine groups is 1. The molecule has 2 unspecified atom stereocenters. The molecule has 3 aromatic rings. The van der Waals surface area contributed by atoms with E-state index in [-0.39, 0.29) is 89.9 Å². The molecule has 0 radical (unpaired) electrons. The number of amides is 9. The highest BCUT2D eigenvalue weighted by Crippen LogP contribution is 2.20. The van der Waals surface area contributed by atoms with Crippen LogP contribution < -0.4 is 70.8 Å². The molecule has 19 N–H and O–H groups in total. The molecule has 2 heterocycles. The van der Waals surface area contributed by atoms with Crippen molar-refractivity contribution >= 4 is 70.0 Å². The normalized spacial score (nSPS) is 21.3. The summed E-state index contributed by atoms with van der Waals surface area (Å²) >= 11 is 0. The molecule has 4 rings (SSSR count). The number of hydrogen-bond donors (Lipinski definition) is 15. The van der Waals surface area contributed by atoms with Gasteiger partial charge in [0.2, 0.25) is 53.2 Å². The van der Waals surface area contributed by atoms with E-state index < -0.39 is 102 Å². The van der Waals surface area contributed by atoms with Crippen LogP contribution >= 0.6 is 0 Å². The monoisotopic (exact) mass is 1030 g/mol. The number of rotatable bonds is 20. The van der Waals surface area contributed by atoms with Crippen molar-refractivity contribution in [3.63, 3.8) is 0 Å². The quantitative estimate of drug-likeness (QED) is 0.0333. The molecule has 1 fully saturated rings. The largest absolute Gasteiger partial charge is 0.370 e. The molecular weight excluding hydrogens is 955 g/mol. The number of carbonyl (C=O) groups is 9. The van der Waals surface area contributed by atoms with Crippen LogP contribution in [0.2, 0.25) is 0 Å². The van der Waals surface area contributed by atoms with Gasteiger partial charge in [-0.15, -0.1) is 0 Å². The third kappa shape index (κ3) is 20.1. The maximum atomic E-state index is 14.6. The number of carbonyl (C=O) groups excluding carboxylic acids is 9. The van der Waals surface area contributed by atoms with Gasteiger partial charge in [0.15, 0.2) is 5.96 Å². The summed E-state index contributed by atoms with van der Waals surface area (Å²) in [6, 6.07) is 6.97. The average Bonchev–Trinajstić information content (AvgIpc) is 3.77. The van der Waals surface area contributed by atoms with E-state index in [4.69, 9.17) is 28.3 Å². The number of aromatic nitrogens is 1. The number of primary amides is 1. The minimum atomic E-state index is -1.59. The second-order valence-electron chi connectivity index (χ2n) is 18.4. The lowest BCUT2D eigenvalue weighted by atomic mass is 10.0. The molecule has 0 aliphatic carbocycles. The minimum Gasteiger partial charge on any atom is -0.370 e. The number of H-pyrrole nitrogens is 1. The number of aromatic amines is 1. The maximum Gasteiger partial charge on any atom is 0.243 e. The van der Waals surface area contributed by atoms with E-state index in [0.29, 0.717) is 36.8 Å². The third-order valence-electron chi connectivity index (χ3n) is 12.4. The third-order valence-corrected chi connectivity index (χ3v) is 12.4. The van der Waals surface area contributed by atoms with Crippen molar-refractivity contribution < 1.29 is 43.2 Å². The Kier molecular flexibility index (Phi) is 24.8. The molecule has 1 aromatic heterocycles. The second kappa shape index (κ2) is 31.1. The summed E-state index contributed by atoms with van der Waals surface area (Å²) in [5, 5.41) is 32.4. The van der Waals surface area contributed by atoms with Crippen LogP contribution in [0, 0.1) is 5.41 Å². The molecule has 1 saturated heterocycles. The summed E-state index contributed by atoms with van der Waals surface area (Å²) in [6.07, 6.45) is 3.70. The molecule has 24 nitrogen and oxygen atoms in total. The number of hydrogen-bond acceptors (Lipinski definition) is 12. The Morgan fingerprint density at radius 2 is 1.28 bits per heavy atom. The number of nitrogens with one attached hydrogen (secondary N) is 11. The van der Waals surface area contributed by atoms with Gasteiger partial charge in [0.05, 0.1) is 6.42 Å². The summed E-state index contributed by atoms with van der Waals surface area (Å²) in [7, 11) is 0. The number of unbranched alkanes of at least 4 members (excludes halogenated alkanes) is 2. The van der Waals surface area contributed by atoms with Gasteiger partial charge in [-0.1, -0.05) is 48.5 Å². The number of fused-ring (bicyclic) bond motifs is 1. The lowest BCUT2D eigenvalue weighted by molar-refractivity contribution is -0.136. The smallest absolute Gasteiger partial charge is 0.243 e. The van der Waals surface area contributed by atoms with E-state index in [1.54, 1.807) is 36.5 Å². The summed E-state index contributed by atoms with van der Waals surface area (Å²) in [5.41, 5.74) is 24.9. The molecular formula is C50H75N15O9. The van der Waals surface area contributed by atoms with Gasteiger partial charge in [-0.2, -0.15) is 0 Å². The van der Waals surface area contributed by atoms with Crippen LogP contribution in [0.1, 0.15) is 95.1 Å². The molecule has 0 bridgehead atoms. The van der Waals surface area contributed by atoms with Crippen LogP contribution in [0.25, 0.3) is 10.9 Å². The Morgan fingerprint density at radius 3 is 1.91 bits per heavy atom. The molecule has 7 atom stereocenters. The Labute approximate surface area is 430 Å². The van der Waals surface area contributed by atoms with Gasteiger partial charge in [0.25, 0.3) is 0 Å². The Hall–Kier alpha value is -7.60. The summed E-state index contributed by atoms with van der Waals surface area (Å²) in [6.45, 7) is 1.98. The van der Waals surface area contributed by atoms with Gasteiger partial charge in [0.1, 0.15) is 42.3 Å². The van der Waals surface area contributed by atoms with E-state index in [1.807, 2.05) is 24.3 Å². The second-order valence-corrected chi connectivity index (χ2v) is 18.4. The molecule has 0 spiro atoms. The van der Waals surface area contributed by atoms with Crippen LogP contribution in [0.4, 0.5) is 0 Å². The van der Waals surface area contributed by atoms with Crippen LogP contribution in [0.15, 0.2) is 60.8 Å². The van der Waals surface area contributed by atoms with Gasteiger partial charge in [-0.05, 0) is 101 Å². The molecule has 2 aromatic carbocycles. The number of para-hydroxylation sites is 1. The maximum absolute atomic E-state index is 14.6. The Balaban J connectivity index is 1.76. The zero-order chi connectivity index (χ0) is 54.0. The van der Waals surface area contributed by atoms with Crippen LogP contribution in [0.3, 0.4) is 0 Å². The van der Waals surface area contributed by atoms with Gasteiger partial charge in [-0.3, -0.25) is 48.6 Å². The fourth-order valence-electron chi connectivity index (χ4n) is 8.44. The molecule has 24 heteroatoms. The van der Waals surface area contributed by atoms with Crippen LogP contribution in [-0.4, -0.2) is 133 Å². The van der Waals surface area contributed by atoms with E-state index >= 15 is 0 Å². The van der Waals surface area contributed by atoms with Crippen molar-refractivity contribution in [2.75, 3.05) is 26.2 Å². The zero-order valence-corrected chi connectivity index (χ0v) is 42.0. The van der Waals surface area contributed by atoms with E-state index in [0.717, 1.165) is 10.9 Å². The Bertz CT molecular complexity index is 2380. The Morgan fingerprint density at radius 1 is 0.703 bits per heavy atom. The van der Waals surface area contributed by atoms with Crippen molar-refractivity contribution in [1.29, 1.82) is 5.41 Å². The predicted octanol–water partition coefficient (Wildman–Crippen LogP) is -1.94. The first-order valence-corrected chi connectivity index (χ1v) is 25.2. The standard InChI is InChI=1S/C50H75N15O9/c1-30(66)59-36(21-13-25-57-50(54)55)44(69)65-41-28-42(67)56-24-12-9-18-35(43(53)68)60-48(73)40(27-32-29-58-34-17-6-5-16-33(32)34)64-46(71)38(20-8-11-23-52)61-47(72)39(26-31-14-3-2-4-15-31)63-45(70)37(62-49(41)74)19-7-10-22-51/h2-6,14-17,29,35-41,58H,7-13,18-28,51-52H2,1H3,(H2,53,68)(H,56,67)(H,59,66)(H,60,73)(H,61,72)(H,62,74)(H,63,70)(H,64,71)(H,65,69)(H4,54,55,57)/t35?,36-,37?,38-,39+,40-,41-/m0/s1. The van der Waals surface area contributed by atoms with Crippen LogP contribution in [-0.2, 0) is 56.0 Å². The number of benzene rings is 2. The van der Waals surface area contributed by atoms with Crippen molar-refractivity contribution in [2.45, 2.75) is 139 Å². The summed E-state index contributed by atoms with van der Waals surface area (Å²) in [4.78, 5) is 128. The lowest BCUT2D eigenvalue weighted by Gasteiger charge is -2.28. The van der Waals surface area contributed by atoms with E-state index in [2.05, 4.69) is 52.8 Å². The van der Waals surface area contributed by atoms with Crippen molar-refractivity contribution in [2.24, 2.45) is 22.9 Å². The molecule has 1 aliphatic rings. The highest BCUT2D eigenvalue weighted by molar-refractivity contribution is 5.99. The molecule has 9 amide bonds. The first-order chi connectivity index (χ1) is 35.5. The van der Waals surface area contributed by atoms with Crippen molar-refractivity contribution in [3.8, 4) is 0 Å². The molecule has 404 valence electrons.